The molecule has 0 aliphatic heterocycles. The standard InChI is InChI=1S/C4H8S.C2H7N.C2H6/c1-3-4(2)5;1-2-3;1-2/h3H2,1-2H3;2-3H2,1H3;1-2H3. The molecule has 64 valence electrons. The molecule has 0 saturated carbocycles. The van der Waals surface area contributed by atoms with E-state index >= 15 is 0 Å². The van der Waals surface area contributed by atoms with Crippen LogP contribution in [0.2, 0.25) is 0 Å². The van der Waals surface area contributed by atoms with Crippen LogP contribution in [0, 0.1) is 0 Å². The summed E-state index contributed by atoms with van der Waals surface area (Å²) in [6.45, 7) is 10.7. The summed E-state index contributed by atoms with van der Waals surface area (Å²) in [6, 6.07) is 0. The Kier molecular flexibility index (Phi) is 38.1. The molecule has 1 nitrogen and oxygen atoms in total. The van der Waals surface area contributed by atoms with Crippen LogP contribution in [-0.4, -0.2) is 11.4 Å². The Morgan fingerprint density at radius 2 is 1.40 bits per heavy atom. The molecule has 2 heteroatoms. The molecule has 0 unspecified atom stereocenters. The summed E-state index contributed by atoms with van der Waals surface area (Å²) in [5.41, 5.74) is 4.85. The van der Waals surface area contributed by atoms with Crippen molar-refractivity contribution in [2.24, 2.45) is 5.73 Å². The highest BCUT2D eigenvalue weighted by atomic mass is 32.1. The Bertz CT molecular complexity index is 53.2. The zero-order chi connectivity index (χ0) is 8.99. The molecule has 10 heavy (non-hydrogen) atoms. The van der Waals surface area contributed by atoms with Gasteiger partial charge in [-0.1, -0.05) is 39.9 Å². The fourth-order valence-electron chi connectivity index (χ4n) is 0. The molecule has 0 aliphatic rings. The Labute approximate surface area is 71.0 Å². The maximum absolute atomic E-state index is 4.85. The van der Waals surface area contributed by atoms with Crippen molar-refractivity contribution < 1.29 is 0 Å². The summed E-state index contributed by atoms with van der Waals surface area (Å²) in [4.78, 5) is 1.09. The van der Waals surface area contributed by atoms with Gasteiger partial charge in [-0.05, 0) is 24.8 Å². The monoisotopic (exact) mass is 163 g/mol. The smallest absolute Gasteiger partial charge is 0.0105 e. The van der Waals surface area contributed by atoms with Crippen molar-refractivity contribution in [1.82, 2.24) is 0 Å². The minimum Gasteiger partial charge on any atom is -0.331 e. The average Bonchev–Trinajstić information content (AvgIpc) is 1.94. The van der Waals surface area contributed by atoms with Crippen LogP contribution >= 0.6 is 12.2 Å². The van der Waals surface area contributed by atoms with E-state index in [0.717, 1.165) is 17.8 Å². The third-order valence-electron chi connectivity index (χ3n) is 0.498. The van der Waals surface area contributed by atoms with Gasteiger partial charge >= 0.3 is 0 Å². The van der Waals surface area contributed by atoms with E-state index in [1.54, 1.807) is 0 Å². The predicted octanol–water partition coefficient (Wildman–Crippen LogP) is 2.78. The van der Waals surface area contributed by atoms with Gasteiger partial charge in [-0.25, -0.2) is 0 Å². The first-order valence-corrected chi connectivity index (χ1v) is 4.29. The predicted molar refractivity (Wildman–Crippen MR) is 54.6 cm³/mol. The van der Waals surface area contributed by atoms with Crippen LogP contribution in [0.1, 0.15) is 41.0 Å². The van der Waals surface area contributed by atoms with Crippen LogP contribution in [-0.2, 0) is 0 Å². The third kappa shape index (κ3) is 95.2. The minimum atomic E-state index is 0.750. The number of rotatable bonds is 1. The Morgan fingerprint density at radius 3 is 1.40 bits per heavy atom. The SMILES string of the molecule is CC.CCC(C)=S.CCN. The zero-order valence-electron chi connectivity index (χ0n) is 7.90. The summed E-state index contributed by atoms with van der Waals surface area (Å²) in [6.07, 6.45) is 1.04. The van der Waals surface area contributed by atoms with E-state index in [1.165, 1.54) is 0 Å². The molecule has 0 bridgehead atoms. The van der Waals surface area contributed by atoms with Crippen LogP contribution < -0.4 is 5.73 Å². The highest BCUT2D eigenvalue weighted by Gasteiger charge is 1.71. The summed E-state index contributed by atoms with van der Waals surface area (Å²) in [5, 5.41) is 0. The second kappa shape index (κ2) is 23.0. The molecule has 0 rings (SSSR count). The topological polar surface area (TPSA) is 26.0 Å². The van der Waals surface area contributed by atoms with Gasteiger partial charge in [-0.2, -0.15) is 0 Å². The van der Waals surface area contributed by atoms with Gasteiger partial charge < -0.3 is 5.73 Å². The van der Waals surface area contributed by atoms with E-state index in [2.05, 4.69) is 6.92 Å². The van der Waals surface area contributed by atoms with Crippen molar-refractivity contribution in [3.8, 4) is 0 Å². The molecule has 0 aromatic rings. The summed E-state index contributed by atoms with van der Waals surface area (Å²) in [5.74, 6) is 0. The van der Waals surface area contributed by atoms with E-state index in [-0.39, 0.29) is 0 Å². The molecule has 0 aromatic carbocycles. The number of hydrogen-bond donors (Lipinski definition) is 1. The normalized spacial score (nSPS) is 6.20. The molecule has 0 radical (unpaired) electrons. The van der Waals surface area contributed by atoms with E-state index < -0.39 is 0 Å². The highest BCUT2D eigenvalue weighted by Crippen LogP contribution is 1.77. The lowest BCUT2D eigenvalue weighted by Gasteiger charge is -1.76. The van der Waals surface area contributed by atoms with E-state index in [9.17, 15) is 0 Å². The maximum Gasteiger partial charge on any atom is -0.0105 e. The molecule has 0 aromatic heterocycles. The fourth-order valence-corrected chi connectivity index (χ4v) is 0. The van der Waals surface area contributed by atoms with E-state index in [1.807, 2.05) is 27.7 Å². The Hall–Kier alpha value is 0.0500. The van der Waals surface area contributed by atoms with Crippen LogP contribution in [0.5, 0.6) is 0 Å². The van der Waals surface area contributed by atoms with Crippen molar-refractivity contribution in [3.05, 3.63) is 0 Å². The van der Waals surface area contributed by atoms with Gasteiger partial charge in [0.2, 0.25) is 0 Å². The second-order valence-electron chi connectivity index (χ2n) is 1.46. The fraction of sp³-hybridized carbons (Fsp3) is 0.875. The zero-order valence-corrected chi connectivity index (χ0v) is 8.72. The van der Waals surface area contributed by atoms with E-state index in [4.69, 9.17) is 18.0 Å². The van der Waals surface area contributed by atoms with Gasteiger partial charge in [0, 0.05) is 0 Å². The Morgan fingerprint density at radius 1 is 1.30 bits per heavy atom. The third-order valence-corrected chi connectivity index (χ3v) is 0.787. The first-order chi connectivity index (χ1) is 4.68. The molecule has 2 N–H and O–H groups in total. The largest absolute Gasteiger partial charge is 0.331 e. The Balaban J connectivity index is -0.0000000847. The lowest BCUT2D eigenvalue weighted by atomic mass is 10.4. The van der Waals surface area contributed by atoms with Crippen molar-refractivity contribution in [3.63, 3.8) is 0 Å². The average molecular weight is 163 g/mol. The van der Waals surface area contributed by atoms with Crippen LogP contribution in [0.15, 0.2) is 0 Å². The minimum absolute atomic E-state index is 0.750. The number of hydrogen-bond acceptors (Lipinski definition) is 2. The van der Waals surface area contributed by atoms with Gasteiger partial charge in [-0.15, -0.1) is 0 Å². The first kappa shape index (κ1) is 16.6. The molecule has 0 aliphatic carbocycles. The molecular weight excluding hydrogens is 142 g/mol. The molecule has 0 saturated heterocycles. The lowest BCUT2D eigenvalue weighted by molar-refractivity contribution is 1.14. The molecule has 0 fully saturated rings. The summed E-state index contributed by atoms with van der Waals surface area (Å²) >= 11 is 4.70. The van der Waals surface area contributed by atoms with Crippen molar-refractivity contribution >= 4 is 17.1 Å². The van der Waals surface area contributed by atoms with Gasteiger partial charge in [0.05, 0.1) is 0 Å². The van der Waals surface area contributed by atoms with Crippen LogP contribution in [0.3, 0.4) is 0 Å². The quantitative estimate of drug-likeness (QED) is 0.602. The molecule has 0 heterocycles. The highest BCUT2D eigenvalue weighted by molar-refractivity contribution is 7.80. The molecule has 0 spiro atoms. The summed E-state index contributed by atoms with van der Waals surface area (Å²) in [7, 11) is 0. The lowest BCUT2D eigenvalue weighted by Crippen LogP contribution is -1.87. The van der Waals surface area contributed by atoms with Crippen molar-refractivity contribution in [2.45, 2.75) is 41.0 Å². The van der Waals surface area contributed by atoms with Crippen molar-refractivity contribution in [2.75, 3.05) is 6.54 Å². The van der Waals surface area contributed by atoms with Crippen molar-refractivity contribution in [1.29, 1.82) is 0 Å². The first-order valence-electron chi connectivity index (χ1n) is 3.88. The molecular formula is C8H21NS. The van der Waals surface area contributed by atoms with Gasteiger partial charge in [-0.3, -0.25) is 0 Å². The van der Waals surface area contributed by atoms with Gasteiger partial charge in [0.25, 0.3) is 0 Å². The molecule has 0 atom stereocenters. The van der Waals surface area contributed by atoms with Crippen LogP contribution in [0.25, 0.3) is 0 Å². The summed E-state index contributed by atoms with van der Waals surface area (Å²) < 4.78 is 0. The van der Waals surface area contributed by atoms with Crippen LogP contribution in [0.4, 0.5) is 0 Å². The number of nitrogens with two attached hydrogens (primary N) is 1. The maximum atomic E-state index is 4.85. The van der Waals surface area contributed by atoms with Gasteiger partial charge in [0.15, 0.2) is 0 Å². The van der Waals surface area contributed by atoms with E-state index in [0.29, 0.717) is 0 Å². The molecule has 0 amide bonds. The second-order valence-corrected chi connectivity index (χ2v) is 2.16. The van der Waals surface area contributed by atoms with Gasteiger partial charge in [0.1, 0.15) is 0 Å². The number of thiocarbonyl (C=S) groups is 1.